The fourth-order valence-corrected chi connectivity index (χ4v) is 3.41. The first kappa shape index (κ1) is 20.7. The molecule has 0 unspecified atom stereocenters. The first-order chi connectivity index (χ1) is 12.7. The Morgan fingerprint density at radius 2 is 1.81 bits per heavy atom. The molecule has 0 radical (unpaired) electrons. The van der Waals surface area contributed by atoms with E-state index in [1.54, 1.807) is 19.1 Å². The lowest BCUT2D eigenvalue weighted by Crippen LogP contribution is -2.41. The average Bonchev–Trinajstić information content (AvgIpc) is 2.60. The van der Waals surface area contributed by atoms with Crippen molar-refractivity contribution in [2.75, 3.05) is 23.7 Å². The number of amides is 1. The molecule has 1 N–H and O–H groups in total. The number of anilines is 1. The summed E-state index contributed by atoms with van der Waals surface area (Å²) >= 11 is 0. The lowest BCUT2D eigenvalue weighted by Gasteiger charge is -2.23. The Labute approximate surface area is 159 Å². The molecule has 0 aliphatic carbocycles. The lowest BCUT2D eigenvalue weighted by atomic mass is 10.1. The molecular formula is C19H23FN2O4S. The summed E-state index contributed by atoms with van der Waals surface area (Å²) in [6, 6.07) is 12.3. The van der Waals surface area contributed by atoms with E-state index in [-0.39, 0.29) is 11.7 Å². The van der Waals surface area contributed by atoms with Gasteiger partial charge in [-0.15, -0.1) is 0 Å². The maximum Gasteiger partial charge on any atom is 0.241 e. The highest BCUT2D eigenvalue weighted by atomic mass is 32.2. The topological polar surface area (TPSA) is 75.7 Å². The van der Waals surface area contributed by atoms with Gasteiger partial charge in [-0.2, -0.15) is 0 Å². The van der Waals surface area contributed by atoms with Gasteiger partial charge in [-0.1, -0.05) is 24.3 Å². The molecule has 0 aliphatic heterocycles. The zero-order valence-corrected chi connectivity index (χ0v) is 16.3. The van der Waals surface area contributed by atoms with Crippen LogP contribution in [0.5, 0.6) is 5.75 Å². The summed E-state index contributed by atoms with van der Waals surface area (Å²) in [7, 11) is -3.83. The zero-order valence-electron chi connectivity index (χ0n) is 15.5. The van der Waals surface area contributed by atoms with Crippen molar-refractivity contribution >= 4 is 21.6 Å². The molecule has 0 saturated carbocycles. The van der Waals surface area contributed by atoms with Crippen LogP contribution in [-0.4, -0.2) is 33.7 Å². The standard InChI is InChI=1S/C19H23FN2O4S/c1-4-26-16-11-9-15(10-12-16)14(2)21-19(23)13-22(27(3,24)25)18-8-6-5-7-17(18)20/h5-12,14H,4,13H2,1-3H3,(H,21,23)/t14-/m1/s1. The van der Waals surface area contributed by atoms with Gasteiger partial charge in [0.15, 0.2) is 0 Å². The van der Waals surface area contributed by atoms with Crippen LogP contribution in [0.1, 0.15) is 25.5 Å². The molecular weight excluding hydrogens is 371 g/mol. The first-order valence-electron chi connectivity index (χ1n) is 8.46. The van der Waals surface area contributed by atoms with E-state index in [0.29, 0.717) is 6.61 Å². The summed E-state index contributed by atoms with van der Waals surface area (Å²) in [5.41, 5.74) is 0.674. The van der Waals surface area contributed by atoms with Crippen LogP contribution in [0, 0.1) is 5.82 Å². The maximum absolute atomic E-state index is 14.0. The van der Waals surface area contributed by atoms with Crippen molar-refractivity contribution < 1.29 is 22.3 Å². The predicted molar refractivity (Wildman–Crippen MR) is 103 cm³/mol. The van der Waals surface area contributed by atoms with E-state index in [4.69, 9.17) is 4.74 Å². The second-order valence-corrected chi connectivity index (χ2v) is 7.92. The molecule has 0 heterocycles. The molecule has 27 heavy (non-hydrogen) atoms. The van der Waals surface area contributed by atoms with Gasteiger partial charge in [-0.3, -0.25) is 9.10 Å². The molecule has 2 aromatic carbocycles. The summed E-state index contributed by atoms with van der Waals surface area (Å²) in [6.07, 6.45) is 0.933. The second-order valence-electron chi connectivity index (χ2n) is 6.01. The normalized spacial score (nSPS) is 12.3. The molecule has 0 bridgehead atoms. The Kier molecular flexibility index (Phi) is 6.79. The number of carbonyl (C=O) groups excluding carboxylic acids is 1. The summed E-state index contributed by atoms with van der Waals surface area (Å²) in [6.45, 7) is 3.71. The monoisotopic (exact) mass is 394 g/mol. The molecule has 0 spiro atoms. The molecule has 0 aliphatic rings. The Bertz CT molecular complexity index is 885. The number of hydrogen-bond donors (Lipinski definition) is 1. The predicted octanol–water partition coefficient (Wildman–Crippen LogP) is 2.87. The number of ether oxygens (including phenoxy) is 1. The van der Waals surface area contributed by atoms with Crippen molar-refractivity contribution in [1.29, 1.82) is 0 Å². The number of para-hydroxylation sites is 1. The van der Waals surface area contributed by atoms with Crippen LogP contribution in [0.15, 0.2) is 48.5 Å². The van der Waals surface area contributed by atoms with E-state index >= 15 is 0 Å². The largest absolute Gasteiger partial charge is 0.494 e. The highest BCUT2D eigenvalue weighted by molar-refractivity contribution is 7.92. The van der Waals surface area contributed by atoms with Gasteiger partial charge in [0, 0.05) is 0 Å². The molecule has 1 atom stereocenters. The lowest BCUT2D eigenvalue weighted by molar-refractivity contribution is -0.120. The van der Waals surface area contributed by atoms with Crippen molar-refractivity contribution in [3.05, 3.63) is 59.9 Å². The van der Waals surface area contributed by atoms with E-state index in [1.807, 2.05) is 19.1 Å². The summed E-state index contributed by atoms with van der Waals surface area (Å²) in [5.74, 6) is -0.525. The third kappa shape index (κ3) is 5.68. The summed E-state index contributed by atoms with van der Waals surface area (Å²) < 4.78 is 44.2. The Morgan fingerprint density at radius 1 is 1.19 bits per heavy atom. The average molecular weight is 394 g/mol. The van der Waals surface area contributed by atoms with Crippen molar-refractivity contribution in [2.45, 2.75) is 19.9 Å². The number of nitrogens with zero attached hydrogens (tertiary/aromatic N) is 1. The number of nitrogens with one attached hydrogen (secondary N) is 1. The number of carbonyl (C=O) groups is 1. The van der Waals surface area contributed by atoms with Gasteiger partial charge >= 0.3 is 0 Å². The van der Waals surface area contributed by atoms with Gasteiger partial charge < -0.3 is 10.1 Å². The smallest absolute Gasteiger partial charge is 0.241 e. The maximum atomic E-state index is 14.0. The number of halogens is 1. The molecule has 8 heteroatoms. The van der Waals surface area contributed by atoms with Crippen LogP contribution in [0.25, 0.3) is 0 Å². The van der Waals surface area contributed by atoms with Crippen molar-refractivity contribution in [3.63, 3.8) is 0 Å². The van der Waals surface area contributed by atoms with E-state index in [9.17, 15) is 17.6 Å². The summed E-state index contributed by atoms with van der Waals surface area (Å²) in [5, 5.41) is 2.73. The number of benzene rings is 2. The van der Waals surface area contributed by atoms with Crippen LogP contribution < -0.4 is 14.4 Å². The fourth-order valence-electron chi connectivity index (χ4n) is 2.56. The van der Waals surface area contributed by atoms with E-state index in [2.05, 4.69) is 5.32 Å². The molecule has 1 amide bonds. The minimum absolute atomic E-state index is 0.163. The number of sulfonamides is 1. The van der Waals surface area contributed by atoms with E-state index in [1.165, 1.54) is 18.2 Å². The van der Waals surface area contributed by atoms with Crippen LogP contribution in [0.4, 0.5) is 10.1 Å². The van der Waals surface area contributed by atoms with Crippen molar-refractivity contribution in [3.8, 4) is 5.75 Å². The van der Waals surface area contributed by atoms with E-state index < -0.39 is 28.3 Å². The molecule has 0 saturated heterocycles. The van der Waals surface area contributed by atoms with Crippen LogP contribution in [0.2, 0.25) is 0 Å². The third-order valence-corrected chi connectivity index (χ3v) is 5.00. The van der Waals surface area contributed by atoms with Gasteiger partial charge in [0.2, 0.25) is 15.9 Å². The second kappa shape index (κ2) is 8.85. The van der Waals surface area contributed by atoms with Crippen LogP contribution >= 0.6 is 0 Å². The number of hydrogen-bond acceptors (Lipinski definition) is 4. The highest BCUT2D eigenvalue weighted by Gasteiger charge is 2.24. The molecule has 0 fully saturated rings. The van der Waals surface area contributed by atoms with Gasteiger partial charge in [0.1, 0.15) is 18.1 Å². The minimum atomic E-state index is -3.83. The quantitative estimate of drug-likeness (QED) is 0.747. The first-order valence-corrected chi connectivity index (χ1v) is 10.3. The van der Waals surface area contributed by atoms with Gasteiger partial charge in [-0.05, 0) is 43.7 Å². The summed E-state index contributed by atoms with van der Waals surface area (Å²) in [4.78, 5) is 12.4. The Balaban J connectivity index is 2.10. The molecule has 146 valence electrons. The van der Waals surface area contributed by atoms with Gasteiger partial charge in [0.25, 0.3) is 0 Å². The van der Waals surface area contributed by atoms with Gasteiger partial charge in [-0.25, -0.2) is 12.8 Å². The Morgan fingerprint density at radius 3 is 2.37 bits per heavy atom. The van der Waals surface area contributed by atoms with Gasteiger partial charge in [0.05, 0.1) is 24.6 Å². The SMILES string of the molecule is CCOc1ccc([C@@H](C)NC(=O)CN(c2ccccc2F)S(C)(=O)=O)cc1. The molecule has 2 aromatic rings. The van der Waals surface area contributed by atoms with Crippen molar-refractivity contribution in [1.82, 2.24) is 5.32 Å². The molecule has 2 rings (SSSR count). The van der Waals surface area contributed by atoms with Crippen LogP contribution in [-0.2, 0) is 14.8 Å². The third-order valence-electron chi connectivity index (χ3n) is 3.88. The Hall–Kier alpha value is -2.61. The molecule has 0 aromatic heterocycles. The van der Waals surface area contributed by atoms with Crippen molar-refractivity contribution in [2.24, 2.45) is 0 Å². The zero-order chi connectivity index (χ0) is 20.0. The fraction of sp³-hybridized carbons (Fsp3) is 0.316. The molecule has 6 nitrogen and oxygen atoms in total. The minimum Gasteiger partial charge on any atom is -0.494 e. The number of rotatable bonds is 8. The highest BCUT2D eigenvalue weighted by Crippen LogP contribution is 2.22. The van der Waals surface area contributed by atoms with Crippen LogP contribution in [0.3, 0.4) is 0 Å². The van der Waals surface area contributed by atoms with E-state index in [0.717, 1.165) is 27.9 Å².